The quantitative estimate of drug-likeness (QED) is 0.344. The number of nitrogens with two attached hydrogens (primary N) is 1. The number of benzene rings is 1. The molecule has 31 heavy (non-hydrogen) atoms. The van der Waals surface area contributed by atoms with E-state index < -0.39 is 22.0 Å². The fraction of sp³-hybridized carbons (Fsp3) is 0.444. The van der Waals surface area contributed by atoms with Gasteiger partial charge in [0, 0.05) is 25.2 Å². The lowest BCUT2D eigenvalue weighted by molar-refractivity contribution is -0.117. The van der Waals surface area contributed by atoms with Crippen LogP contribution in [0.2, 0.25) is 0 Å². The Labute approximate surface area is 185 Å². The SMILES string of the molecule is CCCNC(=O)NC(=O)CSc1nnc(-c2cccc(S(=O)(=O)N(CC)CC)c2)n1N. The highest BCUT2D eigenvalue weighted by Crippen LogP contribution is 2.25. The maximum Gasteiger partial charge on any atom is 0.321 e. The van der Waals surface area contributed by atoms with Crippen LogP contribution < -0.4 is 16.5 Å². The summed E-state index contributed by atoms with van der Waals surface area (Å²) in [5.74, 6) is 5.71. The highest BCUT2D eigenvalue weighted by Gasteiger charge is 2.23. The number of aromatic nitrogens is 3. The zero-order valence-electron chi connectivity index (χ0n) is 17.7. The van der Waals surface area contributed by atoms with Crippen molar-refractivity contribution in [2.45, 2.75) is 37.2 Å². The number of thioether (sulfide) groups is 1. The number of carbonyl (C=O) groups excluding carboxylic acids is 2. The zero-order chi connectivity index (χ0) is 23.0. The predicted molar refractivity (Wildman–Crippen MR) is 118 cm³/mol. The number of hydrogen-bond donors (Lipinski definition) is 3. The number of carbonyl (C=O) groups is 2. The molecule has 3 amide bonds. The molecule has 1 aromatic carbocycles. The van der Waals surface area contributed by atoms with Crippen molar-refractivity contribution in [3.05, 3.63) is 24.3 Å². The Kier molecular flexibility index (Phi) is 8.83. The Balaban J connectivity index is 2.13. The van der Waals surface area contributed by atoms with Gasteiger partial charge in [-0.15, -0.1) is 10.2 Å². The van der Waals surface area contributed by atoms with E-state index in [0.29, 0.717) is 25.2 Å². The van der Waals surface area contributed by atoms with Gasteiger partial charge in [-0.05, 0) is 18.6 Å². The molecule has 170 valence electrons. The van der Waals surface area contributed by atoms with E-state index in [-0.39, 0.29) is 21.6 Å². The number of nitrogens with one attached hydrogen (secondary N) is 2. The highest BCUT2D eigenvalue weighted by molar-refractivity contribution is 7.99. The first kappa shape index (κ1) is 24.6. The van der Waals surface area contributed by atoms with Crippen molar-refractivity contribution in [3.8, 4) is 11.4 Å². The van der Waals surface area contributed by atoms with E-state index in [2.05, 4.69) is 20.8 Å². The lowest BCUT2D eigenvalue weighted by Crippen LogP contribution is -2.40. The molecule has 0 aliphatic carbocycles. The maximum absolute atomic E-state index is 12.8. The van der Waals surface area contributed by atoms with Crippen molar-refractivity contribution in [1.82, 2.24) is 29.8 Å². The van der Waals surface area contributed by atoms with Crippen LogP contribution in [-0.2, 0) is 14.8 Å². The van der Waals surface area contributed by atoms with Crippen LogP contribution in [0.25, 0.3) is 11.4 Å². The smallest absolute Gasteiger partial charge is 0.321 e. The van der Waals surface area contributed by atoms with E-state index in [9.17, 15) is 18.0 Å². The second-order valence-corrected chi connectivity index (χ2v) is 9.27. The molecule has 0 aliphatic rings. The van der Waals surface area contributed by atoms with Crippen LogP contribution in [-0.4, -0.2) is 64.9 Å². The normalized spacial score (nSPS) is 11.5. The molecule has 0 radical (unpaired) electrons. The third kappa shape index (κ3) is 6.18. The molecule has 2 rings (SSSR count). The van der Waals surface area contributed by atoms with Crippen LogP contribution >= 0.6 is 11.8 Å². The Morgan fingerprint density at radius 2 is 1.90 bits per heavy atom. The molecular weight excluding hydrogens is 442 g/mol. The Morgan fingerprint density at radius 3 is 2.55 bits per heavy atom. The van der Waals surface area contributed by atoms with Gasteiger partial charge in [0.05, 0.1) is 10.6 Å². The minimum atomic E-state index is -3.64. The molecule has 1 heterocycles. The third-order valence-electron chi connectivity index (χ3n) is 4.22. The Bertz CT molecular complexity index is 1020. The Hall–Kier alpha value is -2.64. The van der Waals surface area contributed by atoms with Gasteiger partial charge in [0.2, 0.25) is 21.1 Å². The van der Waals surface area contributed by atoms with Crippen LogP contribution in [0.3, 0.4) is 0 Å². The van der Waals surface area contributed by atoms with Gasteiger partial charge in [-0.1, -0.05) is 44.7 Å². The van der Waals surface area contributed by atoms with Gasteiger partial charge in [-0.3, -0.25) is 10.1 Å². The summed E-state index contributed by atoms with van der Waals surface area (Å²) >= 11 is 1.00. The third-order valence-corrected chi connectivity index (χ3v) is 7.21. The lowest BCUT2D eigenvalue weighted by Gasteiger charge is -2.18. The van der Waals surface area contributed by atoms with E-state index in [1.54, 1.807) is 26.0 Å². The number of urea groups is 1. The van der Waals surface area contributed by atoms with Crippen LogP contribution in [0, 0.1) is 0 Å². The number of imide groups is 1. The largest absolute Gasteiger partial charge is 0.338 e. The summed E-state index contributed by atoms with van der Waals surface area (Å²) in [7, 11) is -3.64. The lowest BCUT2D eigenvalue weighted by atomic mass is 10.2. The van der Waals surface area contributed by atoms with Gasteiger partial charge in [0.1, 0.15) is 0 Å². The first-order chi connectivity index (χ1) is 14.7. The van der Waals surface area contributed by atoms with Crippen molar-refractivity contribution in [2.24, 2.45) is 0 Å². The van der Waals surface area contributed by atoms with Gasteiger partial charge in [0.25, 0.3) is 0 Å². The summed E-state index contributed by atoms with van der Waals surface area (Å²) in [6.45, 7) is 6.63. The van der Waals surface area contributed by atoms with Crippen LogP contribution in [0.5, 0.6) is 0 Å². The number of nitrogen functional groups attached to an aromatic ring is 1. The molecule has 0 spiro atoms. The van der Waals surface area contributed by atoms with Gasteiger partial charge in [-0.2, -0.15) is 4.31 Å². The summed E-state index contributed by atoms with van der Waals surface area (Å²) in [5, 5.41) is 13.0. The molecule has 11 nitrogen and oxygen atoms in total. The number of nitrogens with zero attached hydrogens (tertiary/aromatic N) is 4. The minimum Gasteiger partial charge on any atom is -0.338 e. The molecule has 0 aliphatic heterocycles. The highest BCUT2D eigenvalue weighted by atomic mass is 32.2. The molecule has 2 aromatic rings. The van der Waals surface area contributed by atoms with Gasteiger partial charge >= 0.3 is 6.03 Å². The molecule has 4 N–H and O–H groups in total. The summed E-state index contributed by atoms with van der Waals surface area (Å²) in [4.78, 5) is 23.5. The number of amides is 3. The molecule has 0 saturated carbocycles. The molecule has 0 saturated heterocycles. The van der Waals surface area contributed by atoms with Crippen molar-refractivity contribution in [3.63, 3.8) is 0 Å². The van der Waals surface area contributed by atoms with E-state index in [0.717, 1.165) is 18.2 Å². The molecule has 0 atom stereocenters. The van der Waals surface area contributed by atoms with E-state index in [4.69, 9.17) is 5.84 Å². The van der Waals surface area contributed by atoms with E-state index in [1.807, 2.05) is 6.92 Å². The topological polar surface area (TPSA) is 152 Å². The standard InChI is InChI=1S/C18H27N7O4S2/c1-4-10-20-17(27)21-15(26)12-30-18-23-22-16(25(18)19)13-8-7-9-14(11-13)31(28,29)24(5-2)6-3/h7-9,11H,4-6,10,12,19H2,1-3H3,(H2,20,21,26,27). The summed E-state index contributed by atoms with van der Waals surface area (Å²) in [6.07, 6.45) is 0.757. The first-order valence-electron chi connectivity index (χ1n) is 9.76. The van der Waals surface area contributed by atoms with Crippen molar-refractivity contribution in [1.29, 1.82) is 0 Å². The van der Waals surface area contributed by atoms with E-state index >= 15 is 0 Å². The van der Waals surface area contributed by atoms with E-state index in [1.165, 1.54) is 21.1 Å². The van der Waals surface area contributed by atoms with Crippen molar-refractivity contribution >= 4 is 33.7 Å². The Morgan fingerprint density at radius 1 is 1.19 bits per heavy atom. The fourth-order valence-electron chi connectivity index (χ4n) is 2.66. The zero-order valence-corrected chi connectivity index (χ0v) is 19.3. The molecule has 13 heteroatoms. The fourth-order valence-corrected chi connectivity index (χ4v) is 4.82. The average Bonchev–Trinajstić information content (AvgIpc) is 3.12. The van der Waals surface area contributed by atoms with Crippen molar-refractivity contribution < 1.29 is 18.0 Å². The van der Waals surface area contributed by atoms with Gasteiger partial charge < -0.3 is 11.2 Å². The predicted octanol–water partition coefficient (Wildman–Crippen LogP) is 1.02. The summed E-state index contributed by atoms with van der Waals surface area (Å²) < 4.78 is 28.1. The number of sulfonamides is 1. The van der Waals surface area contributed by atoms with Crippen LogP contribution in [0.1, 0.15) is 27.2 Å². The second-order valence-electron chi connectivity index (χ2n) is 6.39. The molecular formula is C18H27N7O4S2. The first-order valence-corrected chi connectivity index (χ1v) is 12.2. The summed E-state index contributed by atoms with van der Waals surface area (Å²) in [6, 6.07) is 5.72. The number of rotatable bonds is 10. The van der Waals surface area contributed by atoms with Gasteiger partial charge in [-0.25, -0.2) is 17.9 Å². The average molecular weight is 470 g/mol. The second kappa shape index (κ2) is 11.1. The van der Waals surface area contributed by atoms with Crippen LogP contribution in [0.15, 0.2) is 34.3 Å². The summed E-state index contributed by atoms with van der Waals surface area (Å²) in [5.41, 5.74) is 0.471. The number of hydrogen-bond acceptors (Lipinski definition) is 8. The maximum atomic E-state index is 12.8. The van der Waals surface area contributed by atoms with Crippen LogP contribution in [0.4, 0.5) is 4.79 Å². The molecule has 0 bridgehead atoms. The van der Waals surface area contributed by atoms with Gasteiger partial charge in [0.15, 0.2) is 5.82 Å². The van der Waals surface area contributed by atoms with Crippen molar-refractivity contribution in [2.75, 3.05) is 31.2 Å². The molecule has 0 unspecified atom stereocenters. The molecule has 1 aromatic heterocycles. The minimum absolute atomic E-state index is 0.0920. The monoisotopic (exact) mass is 469 g/mol. The molecule has 0 fully saturated rings.